The van der Waals surface area contributed by atoms with Crippen molar-refractivity contribution in [3.8, 4) is 0 Å². The number of hydrogen-bond donors (Lipinski definition) is 0. The number of ether oxygens (including phenoxy) is 2. The number of carbonyl (C=O) groups is 4. The number of hydrogen-bond acceptors (Lipinski definition) is 6. The topological polar surface area (TPSA) is 98.2 Å². The Morgan fingerprint density at radius 2 is 1.82 bits per heavy atom. The van der Waals surface area contributed by atoms with Gasteiger partial charge in [0.15, 0.2) is 0 Å². The van der Waals surface area contributed by atoms with E-state index in [1.165, 1.54) is 4.90 Å². The number of nitrogens with zero attached hydrogens (tertiary/aromatic N) is 3. The molecule has 176 valence electrons. The number of piperidine rings is 1. The Morgan fingerprint density at radius 3 is 2.58 bits per heavy atom. The number of esters is 1. The van der Waals surface area contributed by atoms with Crippen molar-refractivity contribution in [2.45, 2.75) is 26.3 Å². The van der Waals surface area contributed by atoms with Crippen LogP contribution in [0.15, 0.2) is 30.5 Å². The van der Waals surface area contributed by atoms with Crippen molar-refractivity contribution in [1.29, 1.82) is 0 Å². The van der Waals surface area contributed by atoms with Gasteiger partial charge in [-0.3, -0.25) is 19.2 Å². The van der Waals surface area contributed by atoms with Crippen molar-refractivity contribution in [2.24, 2.45) is 5.92 Å². The lowest BCUT2D eigenvalue weighted by Gasteiger charge is -2.31. The number of Topliss-reactive ketones (excluding diaryl/α,β-unsaturated/α-hetero) is 1. The minimum absolute atomic E-state index is 0.0577. The molecule has 2 aromatic rings. The fourth-order valence-corrected chi connectivity index (χ4v) is 4.49. The van der Waals surface area contributed by atoms with Crippen LogP contribution >= 0.6 is 0 Å². The maximum atomic E-state index is 13.2. The predicted molar refractivity (Wildman–Crippen MR) is 120 cm³/mol. The van der Waals surface area contributed by atoms with Crippen LogP contribution in [0.3, 0.4) is 0 Å². The molecule has 2 fully saturated rings. The molecule has 9 heteroatoms. The molecule has 4 rings (SSSR count). The van der Waals surface area contributed by atoms with Crippen LogP contribution in [-0.4, -0.2) is 83.9 Å². The highest BCUT2D eigenvalue weighted by Crippen LogP contribution is 2.24. The summed E-state index contributed by atoms with van der Waals surface area (Å²) < 4.78 is 12.1. The van der Waals surface area contributed by atoms with Gasteiger partial charge in [0.25, 0.3) is 11.7 Å². The summed E-state index contributed by atoms with van der Waals surface area (Å²) in [5, 5.41) is 0.629. The lowest BCUT2D eigenvalue weighted by atomic mass is 9.97. The molecule has 1 aromatic carbocycles. The van der Waals surface area contributed by atoms with Crippen molar-refractivity contribution in [1.82, 2.24) is 14.4 Å². The van der Waals surface area contributed by atoms with Gasteiger partial charge in [-0.25, -0.2) is 0 Å². The molecule has 0 unspecified atom stereocenters. The maximum Gasteiger partial charge on any atom is 0.310 e. The zero-order valence-electron chi connectivity index (χ0n) is 18.8. The third kappa shape index (κ3) is 4.93. The molecular weight excluding hydrogens is 426 g/mol. The average molecular weight is 456 g/mol. The maximum absolute atomic E-state index is 13.2. The number of fused-ring (bicyclic) bond motifs is 1. The molecule has 0 aliphatic carbocycles. The number of amides is 2. The van der Waals surface area contributed by atoms with Crippen LogP contribution in [0.1, 0.15) is 30.1 Å². The van der Waals surface area contributed by atoms with Crippen molar-refractivity contribution in [3.63, 3.8) is 0 Å². The minimum Gasteiger partial charge on any atom is -0.466 e. The molecule has 0 bridgehead atoms. The molecule has 1 atom stereocenters. The molecular formula is C24H29N3O6. The SMILES string of the molecule is CCOC(=O)[C@@H]1CCCN(C(=O)C(=O)c2cn(CC(=O)N3CCOCC3)c3ccccc23)C1. The molecule has 0 saturated carbocycles. The Bertz CT molecular complexity index is 1060. The Balaban J connectivity index is 1.54. The smallest absolute Gasteiger partial charge is 0.310 e. The second kappa shape index (κ2) is 10.2. The monoisotopic (exact) mass is 455 g/mol. The first-order chi connectivity index (χ1) is 16.0. The number of likely N-dealkylation sites (tertiary alicyclic amines) is 1. The van der Waals surface area contributed by atoms with Gasteiger partial charge >= 0.3 is 5.97 Å². The van der Waals surface area contributed by atoms with Gasteiger partial charge in [-0.2, -0.15) is 0 Å². The number of ketones is 1. The van der Waals surface area contributed by atoms with Crippen molar-refractivity contribution in [2.75, 3.05) is 46.0 Å². The summed E-state index contributed by atoms with van der Waals surface area (Å²) in [6, 6.07) is 7.25. The van der Waals surface area contributed by atoms with Crippen LogP contribution in [-0.2, 0) is 30.4 Å². The third-order valence-electron chi connectivity index (χ3n) is 6.23. The van der Waals surface area contributed by atoms with Crippen LogP contribution < -0.4 is 0 Å². The number of para-hydroxylation sites is 1. The highest BCUT2D eigenvalue weighted by Gasteiger charge is 2.33. The van der Waals surface area contributed by atoms with Crippen molar-refractivity contribution < 1.29 is 28.7 Å². The van der Waals surface area contributed by atoms with Gasteiger partial charge in [0.1, 0.15) is 6.54 Å². The normalized spacial score (nSPS) is 18.9. The van der Waals surface area contributed by atoms with Crippen LogP contribution in [0.4, 0.5) is 0 Å². The van der Waals surface area contributed by atoms with Crippen LogP contribution in [0.2, 0.25) is 0 Å². The molecule has 2 amide bonds. The second-order valence-corrected chi connectivity index (χ2v) is 8.35. The summed E-state index contributed by atoms with van der Waals surface area (Å²) in [5.41, 5.74) is 0.988. The summed E-state index contributed by atoms with van der Waals surface area (Å²) in [7, 11) is 0. The Labute approximate surface area is 192 Å². The largest absolute Gasteiger partial charge is 0.466 e. The van der Waals surface area contributed by atoms with E-state index >= 15 is 0 Å². The molecule has 9 nitrogen and oxygen atoms in total. The molecule has 0 radical (unpaired) electrons. The molecule has 0 N–H and O–H groups in total. The third-order valence-corrected chi connectivity index (χ3v) is 6.23. The summed E-state index contributed by atoms with van der Waals surface area (Å²) in [4.78, 5) is 54.4. The van der Waals surface area contributed by atoms with E-state index in [2.05, 4.69) is 0 Å². The summed E-state index contributed by atoms with van der Waals surface area (Å²) in [5.74, 6) is -2.07. The van der Waals surface area contributed by atoms with Crippen molar-refractivity contribution >= 4 is 34.5 Å². The van der Waals surface area contributed by atoms with Gasteiger partial charge in [0, 0.05) is 43.3 Å². The van der Waals surface area contributed by atoms with E-state index in [-0.39, 0.29) is 37.1 Å². The molecule has 2 saturated heterocycles. The second-order valence-electron chi connectivity index (χ2n) is 8.35. The highest BCUT2D eigenvalue weighted by molar-refractivity contribution is 6.45. The van der Waals surface area contributed by atoms with Crippen LogP contribution in [0.5, 0.6) is 0 Å². The summed E-state index contributed by atoms with van der Waals surface area (Å²) >= 11 is 0. The number of aromatic nitrogens is 1. The Kier molecular flexibility index (Phi) is 7.08. The van der Waals surface area contributed by atoms with E-state index in [1.54, 1.807) is 34.7 Å². The molecule has 3 heterocycles. The first-order valence-electron chi connectivity index (χ1n) is 11.4. The van der Waals surface area contributed by atoms with E-state index in [4.69, 9.17) is 9.47 Å². The average Bonchev–Trinajstić information content (AvgIpc) is 3.22. The van der Waals surface area contributed by atoms with E-state index in [1.807, 2.05) is 12.1 Å². The number of benzene rings is 1. The molecule has 33 heavy (non-hydrogen) atoms. The van der Waals surface area contributed by atoms with E-state index in [9.17, 15) is 19.2 Å². The van der Waals surface area contributed by atoms with Gasteiger partial charge in [-0.15, -0.1) is 0 Å². The quantitative estimate of drug-likeness (QED) is 0.372. The van der Waals surface area contributed by atoms with E-state index in [0.29, 0.717) is 51.1 Å². The predicted octanol–water partition coefficient (Wildman–Crippen LogP) is 1.48. The first kappa shape index (κ1) is 23.0. The van der Waals surface area contributed by atoms with Crippen LogP contribution in [0.25, 0.3) is 10.9 Å². The first-order valence-corrected chi connectivity index (χ1v) is 11.4. The number of morpholine rings is 1. The van der Waals surface area contributed by atoms with Gasteiger partial charge in [-0.1, -0.05) is 18.2 Å². The summed E-state index contributed by atoms with van der Waals surface area (Å²) in [6.45, 7) is 4.82. The molecule has 1 aromatic heterocycles. The van der Waals surface area contributed by atoms with Crippen molar-refractivity contribution in [3.05, 3.63) is 36.0 Å². The molecule has 0 spiro atoms. The van der Waals surface area contributed by atoms with Gasteiger partial charge < -0.3 is 23.8 Å². The van der Waals surface area contributed by atoms with Gasteiger partial charge in [0.05, 0.1) is 31.3 Å². The lowest BCUT2D eigenvalue weighted by molar-refractivity contribution is -0.150. The molecule has 2 aliphatic rings. The number of carbonyl (C=O) groups excluding carboxylic acids is 4. The highest BCUT2D eigenvalue weighted by atomic mass is 16.5. The summed E-state index contributed by atoms with van der Waals surface area (Å²) in [6.07, 6.45) is 2.87. The zero-order chi connectivity index (χ0) is 23.4. The Morgan fingerprint density at radius 1 is 1.06 bits per heavy atom. The fourth-order valence-electron chi connectivity index (χ4n) is 4.49. The minimum atomic E-state index is -0.633. The van der Waals surface area contributed by atoms with E-state index in [0.717, 1.165) is 5.52 Å². The lowest BCUT2D eigenvalue weighted by Crippen LogP contribution is -2.45. The van der Waals surface area contributed by atoms with Crippen LogP contribution in [0, 0.1) is 5.92 Å². The standard InChI is InChI=1S/C24H29N3O6/c1-2-33-24(31)17-6-5-9-26(14-17)23(30)22(29)19-15-27(20-8-4-3-7-18(19)20)16-21(28)25-10-12-32-13-11-25/h3-4,7-8,15,17H,2,5-6,9-14,16H2,1H3/t17-/m1/s1. The van der Waals surface area contributed by atoms with Gasteiger partial charge in [-0.05, 0) is 25.8 Å². The Hall–Kier alpha value is -3.20. The molecule has 2 aliphatic heterocycles. The number of rotatable bonds is 6. The van der Waals surface area contributed by atoms with Gasteiger partial charge in [0.2, 0.25) is 5.91 Å². The van der Waals surface area contributed by atoms with E-state index < -0.39 is 17.6 Å². The zero-order valence-corrected chi connectivity index (χ0v) is 18.8. The fraction of sp³-hybridized carbons (Fsp3) is 0.500.